The summed E-state index contributed by atoms with van der Waals surface area (Å²) in [4.78, 5) is 10.1. The van der Waals surface area contributed by atoms with Gasteiger partial charge in [0.15, 0.2) is 6.10 Å². The van der Waals surface area contributed by atoms with Crippen molar-refractivity contribution in [2.75, 3.05) is 19.8 Å². The smallest absolute Gasteiger partial charge is 0.335 e. The molecule has 0 aliphatic rings. The highest BCUT2D eigenvalue weighted by atomic mass is 16.4. The van der Waals surface area contributed by atoms with E-state index in [0.29, 0.717) is 0 Å². The van der Waals surface area contributed by atoms with E-state index in [2.05, 4.69) is 0 Å². The molecule has 6 atom stereocenters. The third-order valence-corrected chi connectivity index (χ3v) is 2.67. The molecule has 0 rings (SSSR count). The molecule has 11 N–H and O–H groups in total. The lowest BCUT2D eigenvalue weighted by molar-refractivity contribution is -0.164. The zero-order valence-electron chi connectivity index (χ0n) is 12.0. The number of rotatable bonds is 9. The summed E-state index contributed by atoms with van der Waals surface area (Å²) in [6, 6.07) is 0. The number of carbonyl (C=O) groups is 1. The molecule has 0 heterocycles. The third-order valence-electron chi connectivity index (χ3n) is 2.67. The highest BCUT2D eigenvalue weighted by molar-refractivity contribution is 5.72. The largest absolute Gasteiger partial charge is 0.479 e. The van der Waals surface area contributed by atoms with E-state index < -0.39 is 68.5 Å². The van der Waals surface area contributed by atoms with Crippen LogP contribution in [0.25, 0.3) is 0 Å². The van der Waals surface area contributed by atoms with Gasteiger partial charge in [0, 0.05) is 0 Å². The minimum absolute atomic E-state index is 0.641. The molecule has 140 valence electrons. The molecule has 12 heteroatoms. The van der Waals surface area contributed by atoms with Crippen LogP contribution < -0.4 is 0 Å². The quantitative estimate of drug-likeness (QED) is 0.186. The first-order chi connectivity index (χ1) is 10.5. The van der Waals surface area contributed by atoms with Gasteiger partial charge in [-0.3, -0.25) is 0 Å². The SMILES string of the molecule is O=C(O)C(O)C(O)C(O)C(O)CO.OCC(O)C(O)C(O)CO. The summed E-state index contributed by atoms with van der Waals surface area (Å²) in [5.41, 5.74) is 0. The van der Waals surface area contributed by atoms with E-state index in [1.54, 1.807) is 0 Å². The Hall–Kier alpha value is -0.930. The van der Waals surface area contributed by atoms with Crippen LogP contribution in [0.15, 0.2) is 0 Å². The van der Waals surface area contributed by atoms with Gasteiger partial charge in [0.05, 0.1) is 19.8 Å². The molecule has 0 fully saturated rings. The predicted molar refractivity (Wildman–Crippen MR) is 70.9 cm³/mol. The van der Waals surface area contributed by atoms with E-state index in [1.807, 2.05) is 0 Å². The highest BCUT2D eigenvalue weighted by Gasteiger charge is 2.33. The average Bonchev–Trinajstić information content (AvgIpc) is 2.56. The van der Waals surface area contributed by atoms with Crippen LogP contribution in [0, 0.1) is 0 Å². The summed E-state index contributed by atoms with van der Waals surface area (Å²) < 4.78 is 0. The van der Waals surface area contributed by atoms with Gasteiger partial charge in [0.1, 0.15) is 36.6 Å². The zero-order chi connectivity index (χ0) is 18.7. The van der Waals surface area contributed by atoms with Gasteiger partial charge in [-0.2, -0.15) is 0 Å². The topological polar surface area (TPSA) is 240 Å². The number of hydrogen-bond acceptors (Lipinski definition) is 11. The van der Waals surface area contributed by atoms with Crippen LogP contribution in [0.3, 0.4) is 0 Å². The summed E-state index contributed by atoms with van der Waals surface area (Å²) in [5, 5.41) is 94.4. The Bertz CT molecular complexity index is 303. The van der Waals surface area contributed by atoms with Gasteiger partial charge >= 0.3 is 5.97 Å². The number of carboxylic acid groups (broad SMARTS) is 1. The summed E-state index contributed by atoms with van der Waals surface area (Å²) in [7, 11) is 0. The van der Waals surface area contributed by atoms with E-state index in [4.69, 9.17) is 56.2 Å². The lowest BCUT2D eigenvalue weighted by atomic mass is 10.0. The fraction of sp³-hybridized carbons (Fsp3) is 0.909. The molecule has 0 aromatic rings. The highest BCUT2D eigenvalue weighted by Crippen LogP contribution is 2.04. The molecule has 0 saturated carbocycles. The van der Waals surface area contributed by atoms with Crippen molar-refractivity contribution >= 4 is 5.97 Å². The number of aliphatic carboxylic acids is 1. The van der Waals surface area contributed by atoms with Crippen LogP contribution in [0.4, 0.5) is 0 Å². The molecule has 0 bridgehead atoms. The Morgan fingerprint density at radius 2 is 0.913 bits per heavy atom. The van der Waals surface area contributed by atoms with Gasteiger partial charge in [-0.15, -0.1) is 0 Å². The Morgan fingerprint density at radius 1 is 0.609 bits per heavy atom. The van der Waals surface area contributed by atoms with Crippen molar-refractivity contribution in [2.24, 2.45) is 0 Å². The van der Waals surface area contributed by atoms with Gasteiger partial charge < -0.3 is 56.2 Å². The van der Waals surface area contributed by atoms with E-state index >= 15 is 0 Å². The van der Waals surface area contributed by atoms with Gasteiger partial charge in [-0.05, 0) is 0 Å². The molecule has 0 aliphatic carbocycles. The molecule has 0 aromatic heterocycles. The van der Waals surface area contributed by atoms with Crippen molar-refractivity contribution in [2.45, 2.75) is 42.7 Å². The average molecular weight is 348 g/mol. The first-order valence-corrected chi connectivity index (χ1v) is 6.36. The zero-order valence-corrected chi connectivity index (χ0v) is 12.0. The molecular formula is C11H24O12. The maximum Gasteiger partial charge on any atom is 0.335 e. The van der Waals surface area contributed by atoms with Crippen molar-refractivity contribution in [3.8, 4) is 0 Å². The fourth-order valence-electron chi connectivity index (χ4n) is 1.14. The van der Waals surface area contributed by atoms with E-state index in [1.165, 1.54) is 0 Å². The minimum atomic E-state index is -2.20. The number of aliphatic hydroxyl groups excluding tert-OH is 10. The lowest BCUT2D eigenvalue weighted by Crippen LogP contribution is -2.48. The second-order valence-electron chi connectivity index (χ2n) is 4.50. The van der Waals surface area contributed by atoms with Gasteiger partial charge in [0.25, 0.3) is 0 Å². The van der Waals surface area contributed by atoms with Gasteiger partial charge in [0.2, 0.25) is 0 Å². The maximum atomic E-state index is 10.1. The lowest BCUT2D eigenvalue weighted by Gasteiger charge is -2.23. The van der Waals surface area contributed by atoms with E-state index in [-0.39, 0.29) is 0 Å². The number of carboxylic acids is 1. The summed E-state index contributed by atoms with van der Waals surface area (Å²) in [6.45, 7) is -2.12. The van der Waals surface area contributed by atoms with Gasteiger partial charge in [-0.25, -0.2) is 4.79 Å². The van der Waals surface area contributed by atoms with Crippen LogP contribution in [-0.4, -0.2) is 125 Å². The molecule has 23 heavy (non-hydrogen) atoms. The van der Waals surface area contributed by atoms with Crippen molar-refractivity contribution in [3.05, 3.63) is 0 Å². The van der Waals surface area contributed by atoms with Crippen molar-refractivity contribution in [1.29, 1.82) is 0 Å². The Morgan fingerprint density at radius 3 is 1.17 bits per heavy atom. The standard InChI is InChI=1S/C6H12O7.C5H12O5/c7-1-2(8)3(9)4(10)5(11)6(12)13;6-1-3(8)5(10)4(9)2-7/h2-5,7-11H,1H2,(H,12,13);3-10H,1-2H2. The molecule has 12 nitrogen and oxygen atoms in total. The van der Waals surface area contributed by atoms with E-state index in [9.17, 15) is 4.79 Å². The van der Waals surface area contributed by atoms with Crippen LogP contribution in [-0.2, 0) is 4.79 Å². The molecule has 0 amide bonds. The van der Waals surface area contributed by atoms with Crippen LogP contribution >= 0.6 is 0 Å². The van der Waals surface area contributed by atoms with Crippen LogP contribution in [0.5, 0.6) is 0 Å². The fourth-order valence-corrected chi connectivity index (χ4v) is 1.14. The number of aliphatic hydroxyl groups is 10. The Labute approximate surface area is 130 Å². The second-order valence-corrected chi connectivity index (χ2v) is 4.50. The van der Waals surface area contributed by atoms with Crippen LogP contribution in [0.2, 0.25) is 0 Å². The maximum absolute atomic E-state index is 10.1. The number of hydrogen-bond donors (Lipinski definition) is 11. The normalized spacial score (nSPS) is 20.3. The first kappa shape index (κ1) is 24.3. The summed E-state index contributed by atoms with van der Waals surface area (Å²) in [6.07, 6.45) is -12.1. The third kappa shape index (κ3) is 9.07. The summed E-state index contributed by atoms with van der Waals surface area (Å²) >= 11 is 0. The van der Waals surface area contributed by atoms with Crippen molar-refractivity contribution < 1.29 is 61.0 Å². The Kier molecular flexibility index (Phi) is 13.2. The summed E-state index contributed by atoms with van der Waals surface area (Å²) in [5.74, 6) is -1.73. The van der Waals surface area contributed by atoms with Crippen molar-refractivity contribution in [3.63, 3.8) is 0 Å². The van der Waals surface area contributed by atoms with Gasteiger partial charge in [-0.1, -0.05) is 0 Å². The van der Waals surface area contributed by atoms with E-state index in [0.717, 1.165) is 0 Å². The monoisotopic (exact) mass is 348 g/mol. The first-order valence-electron chi connectivity index (χ1n) is 6.36. The second kappa shape index (κ2) is 12.5. The molecule has 0 spiro atoms. The molecule has 0 saturated heterocycles. The molecule has 6 unspecified atom stereocenters. The predicted octanol–water partition coefficient (Wildman–Crippen LogP) is -6.44. The van der Waals surface area contributed by atoms with Crippen molar-refractivity contribution in [1.82, 2.24) is 0 Å². The molecule has 0 radical (unpaired) electrons. The molecule has 0 aliphatic heterocycles. The molecular weight excluding hydrogens is 324 g/mol. The Balaban J connectivity index is 0. The molecule has 0 aromatic carbocycles. The van der Waals surface area contributed by atoms with Crippen LogP contribution in [0.1, 0.15) is 0 Å². The minimum Gasteiger partial charge on any atom is -0.479 e.